The number of hydrogen-bond donors (Lipinski definition) is 2. The Morgan fingerprint density at radius 3 is 2.29 bits per heavy atom. The van der Waals surface area contributed by atoms with Crippen molar-refractivity contribution in [3.05, 3.63) is 84.3 Å². The number of benzene rings is 2. The molecule has 1 amide bonds. The molecule has 0 aliphatic heterocycles. The van der Waals surface area contributed by atoms with Crippen molar-refractivity contribution in [2.24, 2.45) is 0 Å². The monoisotopic (exact) mass is 414 g/mol. The van der Waals surface area contributed by atoms with Crippen LogP contribution in [0.25, 0.3) is 11.0 Å². The smallest absolute Gasteiger partial charge is 0.232 e. The van der Waals surface area contributed by atoms with Gasteiger partial charge in [-0.1, -0.05) is 67.6 Å². The fraction of sp³-hybridized carbons (Fsp3) is 0.250. The van der Waals surface area contributed by atoms with E-state index in [1.54, 1.807) is 10.9 Å². The second kappa shape index (κ2) is 9.84. The highest BCUT2D eigenvalue weighted by molar-refractivity contribution is 5.87. The van der Waals surface area contributed by atoms with Gasteiger partial charge in [-0.15, -0.1) is 0 Å². The number of aromatic nitrogens is 4. The third-order valence-electron chi connectivity index (χ3n) is 5.13. The molecular formula is C24H26N6O. The van der Waals surface area contributed by atoms with Crippen LogP contribution >= 0.6 is 0 Å². The minimum atomic E-state index is -0.357. The average Bonchev–Trinajstić information content (AvgIpc) is 3.23. The van der Waals surface area contributed by atoms with Gasteiger partial charge in [-0.05, 0) is 17.5 Å². The van der Waals surface area contributed by atoms with Crippen molar-refractivity contribution in [2.75, 3.05) is 18.4 Å². The van der Waals surface area contributed by atoms with Crippen LogP contribution in [0, 0.1) is 0 Å². The lowest BCUT2D eigenvalue weighted by atomic mass is 9.90. The Hall–Kier alpha value is -3.74. The summed E-state index contributed by atoms with van der Waals surface area (Å²) in [6.07, 6.45) is 4.32. The molecule has 2 N–H and O–H groups in total. The molecule has 31 heavy (non-hydrogen) atoms. The molecule has 2 heterocycles. The van der Waals surface area contributed by atoms with Gasteiger partial charge in [0.1, 0.15) is 12.1 Å². The van der Waals surface area contributed by atoms with Crippen LogP contribution in [0.2, 0.25) is 0 Å². The zero-order valence-corrected chi connectivity index (χ0v) is 17.5. The summed E-state index contributed by atoms with van der Waals surface area (Å²) in [6, 6.07) is 19.7. The van der Waals surface area contributed by atoms with Crippen LogP contribution in [0.1, 0.15) is 30.4 Å². The third-order valence-corrected chi connectivity index (χ3v) is 5.13. The van der Waals surface area contributed by atoms with Gasteiger partial charge in [0.25, 0.3) is 0 Å². The Bertz CT molecular complexity index is 1090. The summed E-state index contributed by atoms with van der Waals surface area (Å²) in [5, 5.41) is 11.7. The lowest BCUT2D eigenvalue weighted by molar-refractivity contribution is -0.121. The van der Waals surface area contributed by atoms with Gasteiger partial charge in [0.15, 0.2) is 5.65 Å². The van der Waals surface area contributed by atoms with Crippen molar-refractivity contribution in [3.8, 4) is 0 Å². The summed E-state index contributed by atoms with van der Waals surface area (Å²) in [6.45, 7) is 3.92. The number of nitrogens with zero attached hydrogens (tertiary/aromatic N) is 4. The van der Waals surface area contributed by atoms with E-state index in [1.165, 1.54) is 6.33 Å². The predicted octanol–water partition coefficient (Wildman–Crippen LogP) is 3.60. The van der Waals surface area contributed by atoms with Crippen LogP contribution in [0.15, 0.2) is 73.2 Å². The molecule has 7 heteroatoms. The van der Waals surface area contributed by atoms with Gasteiger partial charge in [0, 0.05) is 13.1 Å². The molecule has 0 bridgehead atoms. The molecule has 0 aliphatic rings. The van der Waals surface area contributed by atoms with Gasteiger partial charge < -0.3 is 10.6 Å². The molecule has 158 valence electrons. The van der Waals surface area contributed by atoms with Crippen molar-refractivity contribution in [1.29, 1.82) is 0 Å². The van der Waals surface area contributed by atoms with Gasteiger partial charge in [-0.3, -0.25) is 4.79 Å². The second-order valence-corrected chi connectivity index (χ2v) is 7.30. The van der Waals surface area contributed by atoms with Crippen LogP contribution in [0.4, 0.5) is 5.82 Å². The molecule has 0 fully saturated rings. The van der Waals surface area contributed by atoms with Crippen molar-refractivity contribution >= 4 is 22.8 Å². The number of anilines is 1. The summed E-state index contributed by atoms with van der Waals surface area (Å²) < 4.78 is 1.80. The van der Waals surface area contributed by atoms with Crippen molar-refractivity contribution in [3.63, 3.8) is 0 Å². The first-order valence-electron chi connectivity index (χ1n) is 10.6. The zero-order valence-electron chi connectivity index (χ0n) is 17.5. The fourth-order valence-corrected chi connectivity index (χ4v) is 3.61. The minimum Gasteiger partial charge on any atom is -0.369 e. The number of carbonyl (C=O) groups excluding carboxylic acids is 1. The molecule has 0 unspecified atom stereocenters. The van der Waals surface area contributed by atoms with Crippen LogP contribution < -0.4 is 10.6 Å². The highest BCUT2D eigenvalue weighted by Gasteiger charge is 2.22. The van der Waals surface area contributed by atoms with E-state index in [2.05, 4.69) is 32.6 Å². The quantitative estimate of drug-likeness (QED) is 0.437. The van der Waals surface area contributed by atoms with Gasteiger partial charge >= 0.3 is 0 Å². The summed E-state index contributed by atoms with van der Waals surface area (Å²) in [4.78, 5) is 21.8. The van der Waals surface area contributed by atoms with Crippen molar-refractivity contribution < 1.29 is 4.79 Å². The van der Waals surface area contributed by atoms with E-state index in [1.807, 2.05) is 60.7 Å². The third kappa shape index (κ3) is 4.71. The average molecular weight is 415 g/mol. The first-order valence-corrected chi connectivity index (χ1v) is 10.6. The summed E-state index contributed by atoms with van der Waals surface area (Å²) in [5.41, 5.74) is 2.69. The predicted molar refractivity (Wildman–Crippen MR) is 122 cm³/mol. The number of hydrogen-bond acceptors (Lipinski definition) is 5. The van der Waals surface area contributed by atoms with Gasteiger partial charge in [0.05, 0.1) is 24.0 Å². The molecule has 0 saturated carbocycles. The first-order chi connectivity index (χ1) is 15.3. The molecule has 0 spiro atoms. The Morgan fingerprint density at radius 1 is 0.968 bits per heavy atom. The molecule has 0 radical (unpaired) electrons. The number of amides is 1. The molecule has 0 saturated heterocycles. The molecule has 2 aromatic heterocycles. The Balaban J connectivity index is 1.47. The van der Waals surface area contributed by atoms with E-state index in [9.17, 15) is 4.79 Å². The Kier molecular flexibility index (Phi) is 6.52. The van der Waals surface area contributed by atoms with E-state index < -0.39 is 0 Å². The maximum absolute atomic E-state index is 13.1. The summed E-state index contributed by atoms with van der Waals surface area (Å²) in [7, 11) is 0. The molecule has 0 atom stereocenters. The van der Waals surface area contributed by atoms with E-state index in [4.69, 9.17) is 0 Å². The first kappa shape index (κ1) is 20.5. The number of fused-ring (bicyclic) bond motifs is 1. The highest BCUT2D eigenvalue weighted by Crippen LogP contribution is 2.24. The SMILES string of the molecule is CCCNc1ncnc2c1cnn2CCNC(=O)C(c1ccccc1)c1ccccc1. The molecule has 0 aliphatic carbocycles. The van der Waals surface area contributed by atoms with Gasteiger partial charge in [0.2, 0.25) is 5.91 Å². The lowest BCUT2D eigenvalue weighted by Crippen LogP contribution is -2.32. The van der Waals surface area contributed by atoms with Crippen molar-refractivity contribution in [1.82, 2.24) is 25.1 Å². The van der Waals surface area contributed by atoms with Crippen LogP contribution in [0.5, 0.6) is 0 Å². The zero-order chi connectivity index (χ0) is 21.5. The van der Waals surface area contributed by atoms with Gasteiger partial charge in [-0.25, -0.2) is 14.6 Å². The minimum absolute atomic E-state index is 0.0335. The van der Waals surface area contributed by atoms with Crippen LogP contribution in [-0.2, 0) is 11.3 Å². The number of carbonyl (C=O) groups is 1. The second-order valence-electron chi connectivity index (χ2n) is 7.30. The lowest BCUT2D eigenvalue weighted by Gasteiger charge is -2.18. The standard InChI is InChI=1S/C24H26N6O/c1-2-13-25-22-20-16-29-30(23(20)28-17-27-22)15-14-26-24(31)21(18-9-5-3-6-10-18)19-11-7-4-8-12-19/h3-12,16-17,21H,2,13-15H2,1H3,(H,26,31)(H,25,27,28). The van der Waals surface area contributed by atoms with Crippen LogP contribution in [-0.4, -0.2) is 38.7 Å². The van der Waals surface area contributed by atoms with E-state index in [-0.39, 0.29) is 11.8 Å². The van der Waals surface area contributed by atoms with Crippen LogP contribution in [0.3, 0.4) is 0 Å². The number of nitrogens with one attached hydrogen (secondary N) is 2. The summed E-state index contributed by atoms with van der Waals surface area (Å²) >= 11 is 0. The molecule has 4 rings (SSSR count). The Morgan fingerprint density at radius 2 is 1.65 bits per heavy atom. The maximum Gasteiger partial charge on any atom is 0.232 e. The van der Waals surface area contributed by atoms with E-state index in [0.717, 1.165) is 40.9 Å². The molecule has 7 nitrogen and oxygen atoms in total. The van der Waals surface area contributed by atoms with Crippen molar-refractivity contribution in [2.45, 2.75) is 25.8 Å². The molecule has 2 aromatic carbocycles. The Labute approximate surface area is 181 Å². The highest BCUT2D eigenvalue weighted by atomic mass is 16.1. The topological polar surface area (TPSA) is 84.7 Å². The number of rotatable bonds is 9. The van der Waals surface area contributed by atoms with E-state index in [0.29, 0.717) is 13.1 Å². The summed E-state index contributed by atoms with van der Waals surface area (Å²) in [5.74, 6) is 0.396. The largest absolute Gasteiger partial charge is 0.369 e. The fourth-order valence-electron chi connectivity index (χ4n) is 3.61. The van der Waals surface area contributed by atoms with Gasteiger partial charge in [-0.2, -0.15) is 5.10 Å². The molecular weight excluding hydrogens is 388 g/mol. The normalized spacial score (nSPS) is 11.0. The maximum atomic E-state index is 13.1. The van der Waals surface area contributed by atoms with E-state index >= 15 is 0 Å². The molecule has 4 aromatic rings.